The molecule has 0 aliphatic rings. The monoisotopic (exact) mass is 302 g/mol. The molecule has 112 valence electrons. The molecule has 0 amide bonds. The molecule has 2 heterocycles. The smallest absolute Gasteiger partial charge is 0.387 e. The van der Waals surface area contributed by atoms with E-state index < -0.39 is 6.61 Å². The van der Waals surface area contributed by atoms with Crippen molar-refractivity contribution in [3.05, 3.63) is 54.5 Å². The van der Waals surface area contributed by atoms with Crippen LogP contribution in [-0.4, -0.2) is 21.6 Å². The molecule has 0 atom stereocenters. The van der Waals surface area contributed by atoms with Gasteiger partial charge in [-0.2, -0.15) is 8.78 Å². The van der Waals surface area contributed by atoms with Crippen molar-refractivity contribution in [1.82, 2.24) is 15.0 Å². The molecule has 0 saturated carbocycles. The Labute approximate surface area is 125 Å². The van der Waals surface area contributed by atoms with Gasteiger partial charge in [-0.3, -0.25) is 4.98 Å². The van der Waals surface area contributed by atoms with Gasteiger partial charge in [-0.15, -0.1) is 0 Å². The molecule has 0 bridgehead atoms. The first-order chi connectivity index (χ1) is 10.7. The normalized spacial score (nSPS) is 10.9. The zero-order valence-electron chi connectivity index (χ0n) is 11.4. The second kappa shape index (κ2) is 6.30. The molecule has 1 N–H and O–H groups in total. The molecule has 7 heteroatoms. The van der Waals surface area contributed by atoms with Crippen LogP contribution in [0, 0.1) is 0 Å². The van der Waals surface area contributed by atoms with E-state index in [4.69, 9.17) is 0 Å². The van der Waals surface area contributed by atoms with Gasteiger partial charge in [-0.25, -0.2) is 9.97 Å². The molecular formula is C15H12F2N4O. The lowest BCUT2D eigenvalue weighted by Gasteiger charge is -2.09. The number of halogens is 2. The van der Waals surface area contributed by atoms with Crippen LogP contribution in [0.1, 0.15) is 5.56 Å². The summed E-state index contributed by atoms with van der Waals surface area (Å²) in [6.07, 6.45) is 4.83. The molecule has 1 aromatic carbocycles. The summed E-state index contributed by atoms with van der Waals surface area (Å²) in [5, 5.41) is 3.13. The third-order valence-electron chi connectivity index (χ3n) is 2.97. The quantitative estimate of drug-likeness (QED) is 0.784. The molecule has 0 saturated heterocycles. The predicted octanol–water partition coefficient (Wildman–Crippen LogP) is 3.24. The zero-order valence-corrected chi connectivity index (χ0v) is 11.4. The second-order valence-electron chi connectivity index (χ2n) is 4.46. The van der Waals surface area contributed by atoms with Gasteiger partial charge in [0.1, 0.15) is 11.3 Å². The van der Waals surface area contributed by atoms with E-state index in [1.807, 2.05) is 6.07 Å². The van der Waals surface area contributed by atoms with Crippen molar-refractivity contribution < 1.29 is 13.5 Å². The van der Waals surface area contributed by atoms with Crippen molar-refractivity contribution >= 4 is 16.9 Å². The number of rotatable bonds is 5. The van der Waals surface area contributed by atoms with E-state index >= 15 is 0 Å². The lowest BCUT2D eigenvalue weighted by atomic mass is 10.2. The minimum Gasteiger partial charge on any atom is -0.435 e. The fourth-order valence-electron chi connectivity index (χ4n) is 2.04. The van der Waals surface area contributed by atoms with E-state index in [0.29, 0.717) is 17.9 Å². The molecule has 0 radical (unpaired) electrons. The van der Waals surface area contributed by atoms with Crippen LogP contribution in [0.5, 0.6) is 5.75 Å². The van der Waals surface area contributed by atoms with Gasteiger partial charge in [0.15, 0.2) is 5.82 Å². The molecule has 0 spiro atoms. The zero-order chi connectivity index (χ0) is 15.4. The van der Waals surface area contributed by atoms with Crippen molar-refractivity contribution in [2.24, 2.45) is 0 Å². The molecular weight excluding hydrogens is 290 g/mol. The molecule has 0 aliphatic carbocycles. The van der Waals surface area contributed by atoms with Gasteiger partial charge in [-0.1, -0.05) is 12.1 Å². The molecule has 0 aliphatic heterocycles. The van der Waals surface area contributed by atoms with E-state index in [2.05, 4.69) is 25.0 Å². The van der Waals surface area contributed by atoms with E-state index in [1.165, 1.54) is 6.07 Å². The van der Waals surface area contributed by atoms with Crippen molar-refractivity contribution in [2.75, 3.05) is 5.32 Å². The fraction of sp³-hybridized carbons (Fsp3) is 0.133. The Morgan fingerprint density at radius 3 is 2.77 bits per heavy atom. The number of benzene rings is 1. The number of aromatic nitrogens is 3. The molecule has 3 aromatic rings. The highest BCUT2D eigenvalue weighted by atomic mass is 19.3. The van der Waals surface area contributed by atoms with E-state index in [9.17, 15) is 8.78 Å². The van der Waals surface area contributed by atoms with Gasteiger partial charge in [0.2, 0.25) is 0 Å². The van der Waals surface area contributed by atoms with Crippen LogP contribution in [0.2, 0.25) is 0 Å². The Balaban J connectivity index is 1.77. The number of hydrogen-bond acceptors (Lipinski definition) is 5. The SMILES string of the molecule is FC(F)Oc1cccc(CNc2nccc3nccnc23)c1. The average molecular weight is 302 g/mol. The Bertz CT molecular complexity index is 777. The van der Waals surface area contributed by atoms with Crippen molar-refractivity contribution in [3.8, 4) is 5.75 Å². The Hall–Kier alpha value is -2.83. The number of nitrogens with one attached hydrogen (secondary N) is 1. The van der Waals surface area contributed by atoms with E-state index in [1.54, 1.807) is 36.8 Å². The number of fused-ring (bicyclic) bond motifs is 1. The number of hydrogen-bond donors (Lipinski definition) is 1. The number of ether oxygens (including phenoxy) is 1. The Kier molecular flexibility index (Phi) is 4.04. The Morgan fingerprint density at radius 1 is 1.05 bits per heavy atom. The minimum absolute atomic E-state index is 0.125. The molecule has 3 rings (SSSR count). The van der Waals surface area contributed by atoms with Gasteiger partial charge in [0.05, 0.1) is 5.52 Å². The highest BCUT2D eigenvalue weighted by Crippen LogP contribution is 2.19. The van der Waals surface area contributed by atoms with Gasteiger partial charge in [0, 0.05) is 25.1 Å². The van der Waals surface area contributed by atoms with E-state index in [-0.39, 0.29) is 5.75 Å². The van der Waals surface area contributed by atoms with Crippen LogP contribution >= 0.6 is 0 Å². The molecule has 0 fully saturated rings. The lowest BCUT2D eigenvalue weighted by molar-refractivity contribution is -0.0498. The summed E-state index contributed by atoms with van der Waals surface area (Å²) in [4.78, 5) is 12.7. The summed E-state index contributed by atoms with van der Waals surface area (Å²) in [5.41, 5.74) is 2.18. The standard InChI is InChI=1S/C15H12F2N4O/c16-15(17)22-11-3-1-2-10(8-11)9-21-14-13-12(4-5-20-14)18-6-7-19-13/h1-8,15H,9H2,(H,20,21). The number of anilines is 1. The maximum Gasteiger partial charge on any atom is 0.387 e. The topological polar surface area (TPSA) is 59.9 Å². The summed E-state index contributed by atoms with van der Waals surface area (Å²) in [6, 6.07) is 8.27. The van der Waals surface area contributed by atoms with Crippen LogP contribution in [0.3, 0.4) is 0 Å². The summed E-state index contributed by atoms with van der Waals surface area (Å²) in [7, 11) is 0. The molecule has 5 nitrogen and oxygen atoms in total. The van der Waals surface area contributed by atoms with Crippen molar-refractivity contribution in [2.45, 2.75) is 13.2 Å². The van der Waals surface area contributed by atoms with Gasteiger partial charge < -0.3 is 10.1 Å². The summed E-state index contributed by atoms with van der Waals surface area (Å²) < 4.78 is 28.8. The minimum atomic E-state index is -2.83. The van der Waals surface area contributed by atoms with Crippen LogP contribution in [-0.2, 0) is 6.54 Å². The van der Waals surface area contributed by atoms with Crippen LogP contribution < -0.4 is 10.1 Å². The van der Waals surface area contributed by atoms with Crippen molar-refractivity contribution in [3.63, 3.8) is 0 Å². The van der Waals surface area contributed by atoms with Gasteiger partial charge >= 0.3 is 6.61 Å². The summed E-state index contributed by atoms with van der Waals surface area (Å²) >= 11 is 0. The number of nitrogens with zero attached hydrogens (tertiary/aromatic N) is 3. The number of pyridine rings is 1. The maximum atomic E-state index is 12.2. The third-order valence-corrected chi connectivity index (χ3v) is 2.97. The average Bonchev–Trinajstić information content (AvgIpc) is 2.52. The predicted molar refractivity (Wildman–Crippen MR) is 77.7 cm³/mol. The largest absolute Gasteiger partial charge is 0.435 e. The van der Waals surface area contributed by atoms with Gasteiger partial charge in [0.25, 0.3) is 0 Å². The van der Waals surface area contributed by atoms with Crippen LogP contribution in [0.4, 0.5) is 14.6 Å². The molecule has 2 aromatic heterocycles. The first kappa shape index (κ1) is 14.1. The lowest BCUT2D eigenvalue weighted by Crippen LogP contribution is -2.05. The third kappa shape index (κ3) is 3.25. The summed E-state index contributed by atoms with van der Waals surface area (Å²) in [5.74, 6) is 0.714. The molecule has 22 heavy (non-hydrogen) atoms. The van der Waals surface area contributed by atoms with Crippen molar-refractivity contribution in [1.29, 1.82) is 0 Å². The second-order valence-corrected chi connectivity index (χ2v) is 4.46. The first-order valence-electron chi connectivity index (χ1n) is 6.56. The fourth-order valence-corrected chi connectivity index (χ4v) is 2.04. The van der Waals surface area contributed by atoms with E-state index in [0.717, 1.165) is 11.1 Å². The first-order valence-corrected chi connectivity index (χ1v) is 6.56. The van der Waals surface area contributed by atoms with Crippen LogP contribution in [0.15, 0.2) is 48.9 Å². The highest BCUT2D eigenvalue weighted by Gasteiger charge is 2.06. The van der Waals surface area contributed by atoms with Gasteiger partial charge in [-0.05, 0) is 23.8 Å². The maximum absolute atomic E-state index is 12.2. The Morgan fingerprint density at radius 2 is 1.91 bits per heavy atom. The van der Waals surface area contributed by atoms with Crippen LogP contribution in [0.25, 0.3) is 11.0 Å². The highest BCUT2D eigenvalue weighted by molar-refractivity contribution is 5.84. The molecule has 0 unspecified atom stereocenters. The number of alkyl halides is 2. The summed E-state index contributed by atoms with van der Waals surface area (Å²) in [6.45, 7) is -2.43.